The molecule has 1 heterocycles. The third kappa shape index (κ3) is 5.41. The van der Waals surface area contributed by atoms with Crippen molar-refractivity contribution in [1.29, 1.82) is 0 Å². The van der Waals surface area contributed by atoms with Crippen LogP contribution in [0.3, 0.4) is 0 Å². The molecule has 0 aliphatic rings. The SMILES string of the molecule is CCCS(=O)(=O)Nc1cccc(C(=O)OCc2nc(-c3ccc(C)c(F)c3)no2)c1. The van der Waals surface area contributed by atoms with Crippen LogP contribution in [0.2, 0.25) is 0 Å². The van der Waals surface area contributed by atoms with Gasteiger partial charge in [0.25, 0.3) is 5.89 Å². The summed E-state index contributed by atoms with van der Waals surface area (Å²) >= 11 is 0. The average molecular weight is 433 g/mol. The van der Waals surface area contributed by atoms with Crippen LogP contribution < -0.4 is 4.72 Å². The highest BCUT2D eigenvalue weighted by Gasteiger charge is 2.15. The number of sulfonamides is 1. The van der Waals surface area contributed by atoms with Crippen LogP contribution in [-0.2, 0) is 21.4 Å². The van der Waals surface area contributed by atoms with Crippen LogP contribution in [0.5, 0.6) is 0 Å². The Bertz CT molecular complexity index is 1160. The summed E-state index contributed by atoms with van der Waals surface area (Å²) in [5, 5.41) is 3.76. The molecular formula is C20H20FN3O5S. The molecule has 0 amide bonds. The van der Waals surface area contributed by atoms with Crippen LogP contribution in [0, 0.1) is 12.7 Å². The quantitative estimate of drug-likeness (QED) is 0.539. The number of benzene rings is 2. The van der Waals surface area contributed by atoms with E-state index in [-0.39, 0.29) is 41.1 Å². The Balaban J connectivity index is 1.64. The lowest BCUT2D eigenvalue weighted by Crippen LogP contribution is -2.16. The van der Waals surface area contributed by atoms with Gasteiger partial charge in [0.15, 0.2) is 6.61 Å². The van der Waals surface area contributed by atoms with E-state index in [0.717, 1.165) is 0 Å². The van der Waals surface area contributed by atoms with Crippen molar-refractivity contribution in [2.75, 3.05) is 10.5 Å². The molecule has 0 radical (unpaired) electrons. The standard InChI is InChI=1S/C20H20FN3O5S/c1-3-9-30(26,27)24-16-6-4-5-15(10-16)20(25)28-12-18-22-19(23-29-18)14-8-7-13(2)17(21)11-14/h4-8,10-11,24H,3,9,12H2,1-2H3. The van der Waals surface area contributed by atoms with Gasteiger partial charge in [-0.1, -0.05) is 30.3 Å². The first-order valence-corrected chi connectivity index (χ1v) is 10.8. The van der Waals surface area contributed by atoms with Crippen molar-refractivity contribution in [3.8, 4) is 11.4 Å². The molecule has 0 unspecified atom stereocenters. The Morgan fingerprint density at radius 3 is 2.77 bits per heavy atom. The summed E-state index contributed by atoms with van der Waals surface area (Å²) in [6.07, 6.45) is 0.471. The first-order valence-electron chi connectivity index (χ1n) is 9.14. The van der Waals surface area contributed by atoms with Crippen molar-refractivity contribution in [3.63, 3.8) is 0 Å². The highest BCUT2D eigenvalue weighted by atomic mass is 32.2. The lowest BCUT2D eigenvalue weighted by molar-refractivity contribution is 0.0430. The molecule has 0 aliphatic heterocycles. The first kappa shape index (κ1) is 21.4. The molecule has 0 saturated carbocycles. The molecule has 158 valence electrons. The molecule has 3 aromatic rings. The van der Waals surface area contributed by atoms with E-state index in [1.165, 1.54) is 30.3 Å². The van der Waals surface area contributed by atoms with E-state index >= 15 is 0 Å². The summed E-state index contributed by atoms with van der Waals surface area (Å²) in [6, 6.07) is 10.5. The highest BCUT2D eigenvalue weighted by molar-refractivity contribution is 7.92. The van der Waals surface area contributed by atoms with Gasteiger partial charge in [0, 0.05) is 11.3 Å². The molecule has 0 atom stereocenters. The third-order valence-corrected chi connectivity index (χ3v) is 5.56. The van der Waals surface area contributed by atoms with E-state index < -0.39 is 16.0 Å². The lowest BCUT2D eigenvalue weighted by atomic mass is 10.1. The molecule has 30 heavy (non-hydrogen) atoms. The number of anilines is 1. The molecule has 0 aliphatic carbocycles. The molecule has 1 N–H and O–H groups in total. The predicted octanol–water partition coefficient (Wildman–Crippen LogP) is 3.69. The molecule has 0 bridgehead atoms. The fourth-order valence-electron chi connectivity index (χ4n) is 2.58. The Hall–Kier alpha value is -3.27. The summed E-state index contributed by atoms with van der Waals surface area (Å²) in [5.41, 5.74) is 1.36. The van der Waals surface area contributed by atoms with Gasteiger partial charge < -0.3 is 9.26 Å². The highest BCUT2D eigenvalue weighted by Crippen LogP contribution is 2.20. The second kappa shape index (κ2) is 9.04. The van der Waals surface area contributed by atoms with Gasteiger partial charge >= 0.3 is 5.97 Å². The Labute approximate surface area is 173 Å². The van der Waals surface area contributed by atoms with Gasteiger partial charge in [0.1, 0.15) is 5.82 Å². The second-order valence-electron chi connectivity index (χ2n) is 6.55. The Morgan fingerprint density at radius 1 is 1.23 bits per heavy atom. The van der Waals surface area contributed by atoms with Gasteiger partial charge in [0.05, 0.1) is 11.3 Å². The summed E-state index contributed by atoms with van der Waals surface area (Å²) in [6.45, 7) is 3.11. The van der Waals surface area contributed by atoms with Crippen molar-refractivity contribution in [3.05, 3.63) is 65.3 Å². The number of nitrogens with one attached hydrogen (secondary N) is 1. The van der Waals surface area contributed by atoms with Crippen molar-refractivity contribution < 1.29 is 26.9 Å². The number of hydrogen-bond donors (Lipinski definition) is 1. The maximum absolute atomic E-state index is 13.7. The maximum atomic E-state index is 13.7. The third-order valence-electron chi connectivity index (χ3n) is 4.07. The van der Waals surface area contributed by atoms with Crippen LogP contribution in [0.1, 0.15) is 35.2 Å². The molecule has 0 spiro atoms. The smallest absolute Gasteiger partial charge is 0.338 e. The van der Waals surface area contributed by atoms with Crippen molar-refractivity contribution in [1.82, 2.24) is 10.1 Å². The molecule has 1 aromatic heterocycles. The number of carbonyl (C=O) groups excluding carboxylic acids is 1. The average Bonchev–Trinajstić information content (AvgIpc) is 3.17. The van der Waals surface area contributed by atoms with E-state index in [0.29, 0.717) is 17.5 Å². The van der Waals surface area contributed by atoms with E-state index in [1.54, 1.807) is 26.0 Å². The van der Waals surface area contributed by atoms with E-state index in [2.05, 4.69) is 14.9 Å². The number of rotatable bonds is 8. The number of carbonyl (C=O) groups is 1. The number of ether oxygens (including phenoxy) is 1. The zero-order chi connectivity index (χ0) is 21.7. The molecule has 8 nitrogen and oxygen atoms in total. The predicted molar refractivity (Wildman–Crippen MR) is 108 cm³/mol. The van der Waals surface area contributed by atoms with E-state index in [1.807, 2.05) is 0 Å². The minimum atomic E-state index is -3.47. The topological polar surface area (TPSA) is 111 Å². The molecule has 0 fully saturated rings. The number of halogens is 1. The van der Waals surface area contributed by atoms with Crippen molar-refractivity contribution in [2.45, 2.75) is 26.9 Å². The molecule has 2 aromatic carbocycles. The number of hydrogen-bond acceptors (Lipinski definition) is 7. The van der Waals surface area contributed by atoms with Crippen molar-refractivity contribution in [2.24, 2.45) is 0 Å². The lowest BCUT2D eigenvalue weighted by Gasteiger charge is -2.08. The van der Waals surface area contributed by atoms with Gasteiger partial charge in [-0.3, -0.25) is 4.72 Å². The van der Waals surface area contributed by atoms with Gasteiger partial charge in [-0.25, -0.2) is 17.6 Å². The number of esters is 1. The fraction of sp³-hybridized carbons (Fsp3) is 0.250. The minimum absolute atomic E-state index is 0.0218. The fourth-order valence-corrected chi connectivity index (χ4v) is 3.71. The summed E-state index contributed by atoms with van der Waals surface area (Å²) in [5.74, 6) is -0.884. The molecular weight excluding hydrogens is 413 g/mol. The minimum Gasteiger partial charge on any atom is -0.452 e. The molecule has 3 rings (SSSR count). The van der Waals surface area contributed by atoms with Gasteiger partial charge in [-0.2, -0.15) is 4.98 Å². The van der Waals surface area contributed by atoms with Gasteiger partial charge in [0.2, 0.25) is 15.8 Å². The number of aryl methyl sites for hydroxylation is 1. The Morgan fingerprint density at radius 2 is 2.03 bits per heavy atom. The second-order valence-corrected chi connectivity index (χ2v) is 8.40. The van der Waals surface area contributed by atoms with Gasteiger partial charge in [-0.15, -0.1) is 0 Å². The zero-order valence-corrected chi connectivity index (χ0v) is 17.2. The van der Waals surface area contributed by atoms with E-state index in [9.17, 15) is 17.6 Å². The number of aromatic nitrogens is 2. The monoisotopic (exact) mass is 433 g/mol. The summed E-state index contributed by atoms with van der Waals surface area (Å²) in [7, 11) is -3.47. The molecule has 0 saturated heterocycles. The van der Waals surface area contributed by atoms with Gasteiger partial charge in [-0.05, 0) is 43.2 Å². The normalized spacial score (nSPS) is 11.3. The van der Waals surface area contributed by atoms with Crippen LogP contribution in [0.15, 0.2) is 47.0 Å². The summed E-state index contributed by atoms with van der Waals surface area (Å²) < 4.78 is 50.0. The van der Waals surface area contributed by atoms with Crippen LogP contribution in [0.4, 0.5) is 10.1 Å². The molecule has 10 heteroatoms. The van der Waals surface area contributed by atoms with Crippen LogP contribution >= 0.6 is 0 Å². The van der Waals surface area contributed by atoms with Crippen LogP contribution in [0.25, 0.3) is 11.4 Å². The zero-order valence-electron chi connectivity index (χ0n) is 16.4. The van der Waals surface area contributed by atoms with Crippen molar-refractivity contribution >= 4 is 21.7 Å². The van der Waals surface area contributed by atoms with Crippen LogP contribution in [-0.4, -0.2) is 30.3 Å². The first-order chi connectivity index (χ1) is 14.3. The maximum Gasteiger partial charge on any atom is 0.338 e. The largest absolute Gasteiger partial charge is 0.452 e. The number of nitrogens with zero attached hydrogens (tertiary/aromatic N) is 2. The van der Waals surface area contributed by atoms with E-state index in [4.69, 9.17) is 9.26 Å². The Kier molecular flexibility index (Phi) is 6.46. The summed E-state index contributed by atoms with van der Waals surface area (Å²) in [4.78, 5) is 16.4.